The van der Waals surface area contributed by atoms with E-state index in [0.29, 0.717) is 13.1 Å². The predicted octanol–water partition coefficient (Wildman–Crippen LogP) is 1.61. The summed E-state index contributed by atoms with van der Waals surface area (Å²) in [6.45, 7) is 0.959. The molecule has 1 aromatic rings. The topological polar surface area (TPSA) is 139 Å². The van der Waals surface area contributed by atoms with E-state index >= 15 is 0 Å². The summed E-state index contributed by atoms with van der Waals surface area (Å²) in [7, 11) is 0. The molecule has 10 nitrogen and oxygen atoms in total. The Morgan fingerprint density at radius 1 is 1.09 bits per heavy atom. The van der Waals surface area contributed by atoms with Crippen molar-refractivity contribution in [2.75, 3.05) is 18.0 Å². The third-order valence-corrected chi connectivity index (χ3v) is 3.50. The average molecular weight is 310 g/mol. The Kier molecular flexibility index (Phi) is 4.51. The molecule has 0 aromatic heterocycles. The Balaban J connectivity index is 2.64. The lowest BCUT2D eigenvalue weighted by molar-refractivity contribution is -0.392. The number of nitrogens with zero attached hydrogens (tertiary/aromatic N) is 3. The summed E-state index contributed by atoms with van der Waals surface area (Å²) in [4.78, 5) is 34.0. The van der Waals surface area contributed by atoms with Crippen LogP contribution in [0.5, 0.6) is 0 Å². The second-order valence-corrected chi connectivity index (χ2v) is 4.87. The molecule has 1 fully saturated rings. The minimum atomic E-state index is -1.05. The number of benzene rings is 1. The van der Waals surface area contributed by atoms with E-state index in [1.807, 2.05) is 0 Å². The molecule has 2 rings (SSSR count). The van der Waals surface area contributed by atoms with Crippen LogP contribution in [0.3, 0.4) is 0 Å². The fraction of sp³-hybridized carbons (Fsp3) is 0.417. The normalized spacial score (nSPS) is 14.5. The van der Waals surface area contributed by atoms with Gasteiger partial charge in [-0.2, -0.15) is 0 Å². The minimum Gasteiger partial charge on any atom is -0.360 e. The first kappa shape index (κ1) is 15.6. The molecule has 0 radical (unpaired) electrons. The number of anilines is 1. The molecule has 0 aliphatic carbocycles. The van der Waals surface area contributed by atoms with Crippen LogP contribution in [0.4, 0.5) is 17.1 Å². The van der Waals surface area contributed by atoms with Crippen LogP contribution in [0.1, 0.15) is 29.6 Å². The van der Waals surface area contributed by atoms with E-state index in [9.17, 15) is 25.0 Å². The molecule has 0 saturated carbocycles. The van der Waals surface area contributed by atoms with Crippen molar-refractivity contribution in [2.24, 2.45) is 0 Å². The smallest absolute Gasteiger partial charge is 0.300 e. The number of piperidine rings is 1. The molecule has 22 heavy (non-hydrogen) atoms. The van der Waals surface area contributed by atoms with Crippen LogP contribution in [0.2, 0.25) is 0 Å². The second kappa shape index (κ2) is 6.35. The number of nitrogens with one attached hydrogen (secondary N) is 1. The highest BCUT2D eigenvalue weighted by Crippen LogP contribution is 2.39. The molecule has 1 aliphatic rings. The Morgan fingerprint density at radius 2 is 1.59 bits per heavy atom. The number of nitro groups is 2. The zero-order chi connectivity index (χ0) is 16.3. The first-order valence-electron chi connectivity index (χ1n) is 6.62. The van der Waals surface area contributed by atoms with Crippen LogP contribution in [-0.4, -0.2) is 34.1 Å². The number of hydrogen-bond donors (Lipinski definition) is 2. The lowest BCUT2D eigenvalue weighted by atomic mass is 10.1. The van der Waals surface area contributed by atoms with Gasteiger partial charge in [-0.1, -0.05) is 0 Å². The number of carbonyl (C=O) groups excluding carboxylic acids is 1. The number of hydroxylamine groups is 1. The van der Waals surface area contributed by atoms with Gasteiger partial charge in [0.15, 0.2) is 5.69 Å². The predicted molar refractivity (Wildman–Crippen MR) is 75.1 cm³/mol. The van der Waals surface area contributed by atoms with Crippen LogP contribution in [-0.2, 0) is 0 Å². The first-order chi connectivity index (χ1) is 10.5. The monoisotopic (exact) mass is 310 g/mol. The molecular formula is C12H14N4O6. The number of carbonyl (C=O) groups is 1. The zero-order valence-electron chi connectivity index (χ0n) is 11.5. The Bertz CT molecular complexity index is 591. The van der Waals surface area contributed by atoms with Gasteiger partial charge in [0.1, 0.15) is 0 Å². The van der Waals surface area contributed by atoms with Gasteiger partial charge in [-0.15, -0.1) is 0 Å². The molecule has 1 aromatic carbocycles. The summed E-state index contributed by atoms with van der Waals surface area (Å²) < 4.78 is 0. The molecule has 1 amide bonds. The van der Waals surface area contributed by atoms with Gasteiger partial charge < -0.3 is 4.90 Å². The largest absolute Gasteiger partial charge is 0.360 e. The highest BCUT2D eigenvalue weighted by Gasteiger charge is 2.32. The zero-order valence-corrected chi connectivity index (χ0v) is 11.5. The molecule has 1 saturated heterocycles. The molecule has 1 aliphatic heterocycles. The highest BCUT2D eigenvalue weighted by molar-refractivity contribution is 5.97. The quantitative estimate of drug-likeness (QED) is 0.489. The third kappa shape index (κ3) is 2.96. The van der Waals surface area contributed by atoms with Crippen molar-refractivity contribution in [1.82, 2.24) is 5.48 Å². The highest BCUT2D eigenvalue weighted by atomic mass is 16.6. The van der Waals surface area contributed by atoms with Gasteiger partial charge in [-0.3, -0.25) is 30.2 Å². The van der Waals surface area contributed by atoms with Crippen LogP contribution < -0.4 is 10.4 Å². The van der Waals surface area contributed by atoms with E-state index in [2.05, 4.69) is 0 Å². The van der Waals surface area contributed by atoms with E-state index in [-0.39, 0.29) is 11.3 Å². The van der Waals surface area contributed by atoms with Crippen LogP contribution >= 0.6 is 0 Å². The van der Waals surface area contributed by atoms with Crippen molar-refractivity contribution < 1.29 is 19.8 Å². The van der Waals surface area contributed by atoms with Gasteiger partial charge >= 0.3 is 0 Å². The van der Waals surface area contributed by atoms with Gasteiger partial charge in [-0.05, 0) is 19.3 Å². The Labute approximate surface area is 124 Å². The molecule has 2 N–H and O–H groups in total. The summed E-state index contributed by atoms with van der Waals surface area (Å²) in [6.07, 6.45) is 2.53. The number of amides is 1. The molecule has 0 bridgehead atoms. The van der Waals surface area contributed by atoms with Crippen molar-refractivity contribution >= 4 is 23.0 Å². The molecule has 1 heterocycles. The third-order valence-electron chi connectivity index (χ3n) is 3.50. The summed E-state index contributed by atoms with van der Waals surface area (Å²) >= 11 is 0. The maximum absolute atomic E-state index is 11.4. The van der Waals surface area contributed by atoms with Crippen molar-refractivity contribution in [2.45, 2.75) is 19.3 Å². The minimum absolute atomic E-state index is 0.0933. The SMILES string of the molecule is O=C(NO)c1cc([N+](=O)[O-])c(N2CCCCC2)c([N+](=O)[O-])c1. The second-order valence-electron chi connectivity index (χ2n) is 4.87. The molecule has 0 unspecified atom stereocenters. The molecule has 0 atom stereocenters. The maximum Gasteiger partial charge on any atom is 0.300 e. The van der Waals surface area contributed by atoms with Gasteiger partial charge in [0.2, 0.25) is 0 Å². The summed E-state index contributed by atoms with van der Waals surface area (Å²) in [5, 5.41) is 31.1. The molecule has 118 valence electrons. The van der Waals surface area contributed by atoms with Crippen LogP contribution in [0, 0.1) is 20.2 Å². The lowest BCUT2D eigenvalue weighted by Crippen LogP contribution is -2.31. The maximum atomic E-state index is 11.4. The van der Waals surface area contributed by atoms with Crippen LogP contribution in [0.15, 0.2) is 12.1 Å². The van der Waals surface area contributed by atoms with E-state index in [1.165, 1.54) is 5.48 Å². The Morgan fingerprint density at radius 3 is 2.00 bits per heavy atom. The van der Waals surface area contributed by atoms with Gasteiger partial charge in [0.25, 0.3) is 17.3 Å². The van der Waals surface area contributed by atoms with E-state index in [0.717, 1.165) is 31.4 Å². The van der Waals surface area contributed by atoms with E-state index < -0.39 is 27.1 Å². The molecule has 10 heteroatoms. The van der Waals surface area contributed by atoms with E-state index in [1.54, 1.807) is 4.90 Å². The fourth-order valence-electron chi connectivity index (χ4n) is 2.52. The van der Waals surface area contributed by atoms with Gasteiger partial charge in [-0.25, -0.2) is 5.48 Å². The number of nitro benzene ring substituents is 2. The van der Waals surface area contributed by atoms with Gasteiger partial charge in [0.05, 0.1) is 15.4 Å². The van der Waals surface area contributed by atoms with E-state index in [4.69, 9.17) is 5.21 Å². The summed E-state index contributed by atoms with van der Waals surface area (Å²) in [5.74, 6) is -1.05. The molecular weight excluding hydrogens is 296 g/mol. The van der Waals surface area contributed by atoms with Crippen molar-refractivity contribution in [1.29, 1.82) is 0 Å². The van der Waals surface area contributed by atoms with Crippen molar-refractivity contribution in [3.05, 3.63) is 37.9 Å². The Hall–Kier alpha value is -2.75. The summed E-state index contributed by atoms with van der Waals surface area (Å²) in [5.41, 5.74) is -0.162. The average Bonchev–Trinajstić information content (AvgIpc) is 2.53. The van der Waals surface area contributed by atoms with Crippen LogP contribution in [0.25, 0.3) is 0 Å². The fourth-order valence-corrected chi connectivity index (χ4v) is 2.52. The number of rotatable bonds is 4. The standard InChI is InChI=1S/C12H14N4O6/c17-12(13-18)8-6-9(15(19)20)11(10(7-8)16(21)22)14-4-2-1-3-5-14/h6-7,18H,1-5H2,(H,13,17). The van der Waals surface area contributed by atoms with Crippen molar-refractivity contribution in [3.8, 4) is 0 Å². The lowest BCUT2D eigenvalue weighted by Gasteiger charge is -2.28. The first-order valence-corrected chi connectivity index (χ1v) is 6.62. The number of hydrogen-bond acceptors (Lipinski definition) is 7. The van der Waals surface area contributed by atoms with Gasteiger partial charge in [0, 0.05) is 25.2 Å². The molecule has 0 spiro atoms. The van der Waals surface area contributed by atoms with Crippen molar-refractivity contribution in [3.63, 3.8) is 0 Å². The summed E-state index contributed by atoms with van der Waals surface area (Å²) in [6, 6.07) is 1.87.